The lowest BCUT2D eigenvalue weighted by Gasteiger charge is -2.44. The van der Waals surface area contributed by atoms with Crippen molar-refractivity contribution in [3.63, 3.8) is 0 Å². The maximum Gasteiger partial charge on any atom is 0.244 e. The fourth-order valence-corrected chi connectivity index (χ4v) is 5.16. The standard InChI is InChI=1S/C26H34N4O2/c27-25(31)24(21-11-5-2-6-12-21)28-26(32)22-13-7-8-14-23(22)30-17-15-29(16-18-30)19-20-9-3-1-4-10-20/h1-6,9-12,22-24H,7-8,13-19H2,(H2,27,31)(H,28,32)/t22?,23?,24-/m0/s1. The third kappa shape index (κ3) is 5.56. The molecule has 1 aliphatic carbocycles. The summed E-state index contributed by atoms with van der Waals surface area (Å²) in [6.07, 6.45) is 4.09. The quantitative estimate of drug-likeness (QED) is 0.702. The van der Waals surface area contributed by atoms with Crippen molar-refractivity contribution in [1.29, 1.82) is 0 Å². The van der Waals surface area contributed by atoms with Gasteiger partial charge in [-0.05, 0) is 24.0 Å². The summed E-state index contributed by atoms with van der Waals surface area (Å²) < 4.78 is 0. The third-order valence-corrected chi connectivity index (χ3v) is 6.90. The lowest BCUT2D eigenvalue weighted by Crippen LogP contribution is -2.55. The predicted molar refractivity (Wildman–Crippen MR) is 126 cm³/mol. The van der Waals surface area contributed by atoms with Gasteiger partial charge in [0.2, 0.25) is 11.8 Å². The number of nitrogens with two attached hydrogens (primary N) is 1. The van der Waals surface area contributed by atoms with Crippen LogP contribution in [0, 0.1) is 5.92 Å². The number of benzene rings is 2. The summed E-state index contributed by atoms with van der Waals surface area (Å²) >= 11 is 0. The minimum absolute atomic E-state index is 0.0472. The highest BCUT2D eigenvalue weighted by atomic mass is 16.2. The Labute approximate surface area is 190 Å². The lowest BCUT2D eigenvalue weighted by molar-refractivity contribution is -0.133. The highest BCUT2D eigenvalue weighted by molar-refractivity contribution is 5.88. The van der Waals surface area contributed by atoms with E-state index in [2.05, 4.69) is 45.4 Å². The van der Waals surface area contributed by atoms with Crippen molar-refractivity contribution in [3.05, 3.63) is 71.8 Å². The first-order valence-electron chi connectivity index (χ1n) is 11.8. The summed E-state index contributed by atoms with van der Waals surface area (Å²) in [6.45, 7) is 4.93. The molecule has 2 amide bonds. The van der Waals surface area contributed by atoms with E-state index in [9.17, 15) is 9.59 Å². The van der Waals surface area contributed by atoms with Crippen molar-refractivity contribution >= 4 is 11.8 Å². The molecule has 32 heavy (non-hydrogen) atoms. The minimum atomic E-state index is -0.783. The number of nitrogens with one attached hydrogen (secondary N) is 1. The Kier molecular flexibility index (Phi) is 7.55. The number of amides is 2. The van der Waals surface area contributed by atoms with Gasteiger partial charge in [-0.25, -0.2) is 0 Å². The molecule has 2 unspecified atom stereocenters. The van der Waals surface area contributed by atoms with Crippen molar-refractivity contribution in [3.8, 4) is 0 Å². The second kappa shape index (κ2) is 10.7. The Bertz CT molecular complexity index is 881. The summed E-state index contributed by atoms with van der Waals surface area (Å²) in [5, 5.41) is 2.96. The van der Waals surface area contributed by atoms with Gasteiger partial charge in [0.1, 0.15) is 6.04 Å². The van der Waals surface area contributed by atoms with Crippen LogP contribution in [-0.4, -0.2) is 53.8 Å². The highest BCUT2D eigenvalue weighted by Gasteiger charge is 2.37. The molecule has 2 aromatic rings. The Morgan fingerprint density at radius 1 is 0.906 bits per heavy atom. The molecule has 3 atom stereocenters. The van der Waals surface area contributed by atoms with E-state index in [0.717, 1.165) is 64.0 Å². The zero-order valence-corrected chi connectivity index (χ0v) is 18.7. The number of rotatable bonds is 7. The zero-order chi connectivity index (χ0) is 22.3. The van der Waals surface area contributed by atoms with Crippen LogP contribution in [0.4, 0.5) is 0 Å². The molecule has 3 N–H and O–H groups in total. The van der Waals surface area contributed by atoms with Crippen LogP contribution in [0.2, 0.25) is 0 Å². The van der Waals surface area contributed by atoms with E-state index in [1.807, 2.05) is 30.3 Å². The average molecular weight is 435 g/mol. The molecular formula is C26H34N4O2. The molecule has 6 heteroatoms. The Balaban J connectivity index is 1.37. The van der Waals surface area contributed by atoms with Crippen LogP contribution < -0.4 is 11.1 Å². The number of carbonyl (C=O) groups is 2. The van der Waals surface area contributed by atoms with Crippen molar-refractivity contribution in [2.45, 2.75) is 44.3 Å². The molecule has 1 saturated heterocycles. The second-order valence-corrected chi connectivity index (χ2v) is 9.01. The van der Waals surface area contributed by atoms with Crippen molar-refractivity contribution in [2.75, 3.05) is 26.2 Å². The van der Waals surface area contributed by atoms with Gasteiger partial charge in [0.15, 0.2) is 0 Å². The Hall–Kier alpha value is -2.70. The van der Waals surface area contributed by atoms with Crippen molar-refractivity contribution in [1.82, 2.24) is 15.1 Å². The molecule has 2 aliphatic rings. The van der Waals surface area contributed by atoms with Crippen LogP contribution in [0.5, 0.6) is 0 Å². The number of piperazine rings is 1. The number of carbonyl (C=O) groups excluding carboxylic acids is 2. The van der Waals surface area contributed by atoms with Crippen LogP contribution in [0.15, 0.2) is 60.7 Å². The predicted octanol–water partition coefficient (Wildman–Crippen LogP) is 2.71. The van der Waals surface area contributed by atoms with Crippen LogP contribution in [0.25, 0.3) is 0 Å². The fourth-order valence-electron chi connectivity index (χ4n) is 5.16. The van der Waals surface area contributed by atoms with E-state index in [1.165, 1.54) is 5.56 Å². The van der Waals surface area contributed by atoms with Crippen molar-refractivity contribution in [2.24, 2.45) is 11.7 Å². The molecule has 2 aromatic carbocycles. The first-order valence-corrected chi connectivity index (χ1v) is 11.8. The summed E-state index contributed by atoms with van der Waals surface area (Å²) in [5.41, 5.74) is 7.71. The van der Waals surface area contributed by atoms with Crippen LogP contribution >= 0.6 is 0 Å². The van der Waals surface area contributed by atoms with Crippen LogP contribution in [-0.2, 0) is 16.1 Å². The summed E-state index contributed by atoms with van der Waals surface area (Å²) in [4.78, 5) is 30.3. The zero-order valence-electron chi connectivity index (χ0n) is 18.7. The molecular weight excluding hydrogens is 400 g/mol. The fraction of sp³-hybridized carbons (Fsp3) is 0.462. The van der Waals surface area contributed by atoms with Crippen LogP contribution in [0.3, 0.4) is 0 Å². The van der Waals surface area contributed by atoms with E-state index in [4.69, 9.17) is 5.73 Å². The number of nitrogens with zero attached hydrogens (tertiary/aromatic N) is 2. The molecule has 1 heterocycles. The smallest absolute Gasteiger partial charge is 0.244 e. The number of primary amides is 1. The van der Waals surface area contributed by atoms with E-state index >= 15 is 0 Å². The molecule has 2 fully saturated rings. The normalized spacial score (nSPS) is 23.4. The molecule has 1 saturated carbocycles. The molecule has 0 aromatic heterocycles. The van der Waals surface area contributed by atoms with E-state index in [1.54, 1.807) is 0 Å². The van der Waals surface area contributed by atoms with E-state index in [-0.39, 0.29) is 17.9 Å². The van der Waals surface area contributed by atoms with Gasteiger partial charge in [0.05, 0.1) is 5.92 Å². The molecule has 0 bridgehead atoms. The lowest BCUT2D eigenvalue weighted by atomic mass is 9.82. The van der Waals surface area contributed by atoms with Gasteiger partial charge in [0, 0.05) is 38.8 Å². The van der Waals surface area contributed by atoms with Gasteiger partial charge in [-0.1, -0.05) is 73.5 Å². The monoisotopic (exact) mass is 434 g/mol. The maximum absolute atomic E-state index is 13.3. The van der Waals surface area contributed by atoms with Crippen LogP contribution in [0.1, 0.15) is 42.9 Å². The van der Waals surface area contributed by atoms with Gasteiger partial charge in [-0.2, -0.15) is 0 Å². The maximum atomic E-state index is 13.3. The first-order chi connectivity index (χ1) is 15.6. The summed E-state index contributed by atoms with van der Waals surface area (Å²) in [7, 11) is 0. The van der Waals surface area contributed by atoms with Gasteiger partial charge in [-0.3, -0.25) is 19.4 Å². The summed E-state index contributed by atoms with van der Waals surface area (Å²) in [5.74, 6) is -0.671. The average Bonchev–Trinajstić information content (AvgIpc) is 2.84. The van der Waals surface area contributed by atoms with Gasteiger partial charge in [0.25, 0.3) is 0 Å². The molecule has 1 aliphatic heterocycles. The van der Waals surface area contributed by atoms with E-state index < -0.39 is 11.9 Å². The van der Waals surface area contributed by atoms with Gasteiger partial charge >= 0.3 is 0 Å². The first kappa shape index (κ1) is 22.5. The highest BCUT2D eigenvalue weighted by Crippen LogP contribution is 2.30. The number of hydrogen-bond acceptors (Lipinski definition) is 4. The Morgan fingerprint density at radius 3 is 2.19 bits per heavy atom. The van der Waals surface area contributed by atoms with E-state index in [0.29, 0.717) is 0 Å². The SMILES string of the molecule is NC(=O)[C@@H](NC(=O)C1CCCCC1N1CCN(Cc2ccccc2)CC1)c1ccccc1. The topological polar surface area (TPSA) is 78.7 Å². The molecule has 6 nitrogen and oxygen atoms in total. The molecule has 0 radical (unpaired) electrons. The number of hydrogen-bond donors (Lipinski definition) is 2. The van der Waals surface area contributed by atoms with Crippen molar-refractivity contribution < 1.29 is 9.59 Å². The van der Waals surface area contributed by atoms with Gasteiger partial charge in [-0.15, -0.1) is 0 Å². The Morgan fingerprint density at radius 2 is 1.53 bits per heavy atom. The molecule has 0 spiro atoms. The summed E-state index contributed by atoms with van der Waals surface area (Å²) in [6, 6.07) is 19.3. The second-order valence-electron chi connectivity index (χ2n) is 9.01. The molecule has 4 rings (SSSR count). The third-order valence-electron chi connectivity index (χ3n) is 6.90. The largest absolute Gasteiger partial charge is 0.368 e. The van der Waals surface area contributed by atoms with Gasteiger partial charge < -0.3 is 11.1 Å². The minimum Gasteiger partial charge on any atom is -0.368 e. The molecule has 170 valence electrons.